The van der Waals surface area contributed by atoms with Gasteiger partial charge in [0, 0.05) is 30.2 Å². The molecule has 0 saturated carbocycles. The van der Waals surface area contributed by atoms with Gasteiger partial charge in [-0.3, -0.25) is 0 Å². The minimum atomic E-state index is 0.604. The Labute approximate surface area is 117 Å². The first kappa shape index (κ1) is 13.5. The molecule has 1 N–H and O–H groups in total. The summed E-state index contributed by atoms with van der Waals surface area (Å²) < 4.78 is 7.06. The van der Waals surface area contributed by atoms with E-state index in [1.54, 1.807) is 17.1 Å². The Balaban J connectivity index is 1.99. The summed E-state index contributed by atoms with van der Waals surface area (Å²) in [6.07, 6.45) is 5.36. The lowest BCUT2D eigenvalue weighted by Gasteiger charge is -2.09. The first-order valence-corrected chi connectivity index (χ1v) is 6.42. The van der Waals surface area contributed by atoms with E-state index in [2.05, 4.69) is 17.0 Å². The Kier molecular flexibility index (Phi) is 4.47. The van der Waals surface area contributed by atoms with E-state index in [1.165, 1.54) is 0 Å². The van der Waals surface area contributed by atoms with Gasteiger partial charge in [0.25, 0.3) is 0 Å². The van der Waals surface area contributed by atoms with Gasteiger partial charge in [-0.25, -0.2) is 4.68 Å². The largest absolute Gasteiger partial charge is 0.492 e. The molecule has 0 aliphatic carbocycles. The Hall–Kier alpha value is -1.94. The molecular formula is C14H16ClN3O. The minimum Gasteiger partial charge on any atom is -0.492 e. The number of nitrogens with one attached hydrogen (secondary N) is 1. The summed E-state index contributed by atoms with van der Waals surface area (Å²) in [6.45, 7) is 6.86. The van der Waals surface area contributed by atoms with Crippen LogP contribution in [0.3, 0.4) is 0 Å². The van der Waals surface area contributed by atoms with Crippen molar-refractivity contribution >= 4 is 23.5 Å². The van der Waals surface area contributed by atoms with Gasteiger partial charge in [-0.05, 0) is 25.1 Å². The van der Waals surface area contributed by atoms with Crippen LogP contribution in [0.1, 0.15) is 12.5 Å². The summed E-state index contributed by atoms with van der Waals surface area (Å²) >= 11 is 6.12. The normalized spacial score (nSPS) is 10.2. The van der Waals surface area contributed by atoms with E-state index in [-0.39, 0.29) is 0 Å². The van der Waals surface area contributed by atoms with Gasteiger partial charge in [0.15, 0.2) is 0 Å². The van der Waals surface area contributed by atoms with Gasteiger partial charge in [-0.2, -0.15) is 5.10 Å². The number of nitrogens with zero attached hydrogens (tertiary/aromatic N) is 2. The van der Waals surface area contributed by atoms with Gasteiger partial charge < -0.3 is 10.1 Å². The number of anilines is 1. The third-order valence-electron chi connectivity index (χ3n) is 2.57. The number of ether oxygens (including phenoxy) is 1. The predicted molar refractivity (Wildman–Crippen MR) is 78.6 cm³/mol. The highest BCUT2D eigenvalue weighted by molar-refractivity contribution is 6.32. The summed E-state index contributed by atoms with van der Waals surface area (Å²) in [4.78, 5) is 0. The van der Waals surface area contributed by atoms with Gasteiger partial charge in [0.2, 0.25) is 0 Å². The van der Waals surface area contributed by atoms with Gasteiger partial charge >= 0.3 is 0 Å². The molecule has 0 fully saturated rings. The predicted octanol–water partition coefficient (Wildman–Crippen LogP) is 3.65. The summed E-state index contributed by atoms with van der Waals surface area (Å²) in [5, 5.41) is 8.00. The minimum absolute atomic E-state index is 0.604. The van der Waals surface area contributed by atoms with Crippen molar-refractivity contribution in [3.8, 4) is 5.75 Å². The van der Waals surface area contributed by atoms with Crippen molar-refractivity contribution in [2.75, 3.05) is 11.9 Å². The maximum Gasteiger partial charge on any atom is 0.138 e. The van der Waals surface area contributed by atoms with Crippen LogP contribution in [0.15, 0.2) is 37.2 Å². The molecule has 4 nitrogen and oxygen atoms in total. The Bertz CT molecular complexity index is 566. The first-order valence-electron chi connectivity index (χ1n) is 6.04. The molecule has 0 radical (unpaired) electrons. The van der Waals surface area contributed by atoms with E-state index >= 15 is 0 Å². The van der Waals surface area contributed by atoms with Crippen LogP contribution in [0.2, 0.25) is 5.02 Å². The van der Waals surface area contributed by atoms with Crippen LogP contribution in [0.5, 0.6) is 5.75 Å². The smallest absolute Gasteiger partial charge is 0.138 e. The average Bonchev–Trinajstić information content (AvgIpc) is 2.87. The highest BCUT2D eigenvalue weighted by Gasteiger charge is 2.03. The molecule has 2 rings (SSSR count). The fourth-order valence-electron chi connectivity index (χ4n) is 1.66. The molecule has 0 atom stereocenters. The highest BCUT2D eigenvalue weighted by Crippen LogP contribution is 2.27. The highest BCUT2D eigenvalue weighted by atomic mass is 35.5. The zero-order valence-corrected chi connectivity index (χ0v) is 11.5. The maximum atomic E-state index is 6.12. The lowest BCUT2D eigenvalue weighted by molar-refractivity contribution is 0.340. The maximum absolute atomic E-state index is 6.12. The van der Waals surface area contributed by atoms with Crippen LogP contribution in [-0.4, -0.2) is 16.4 Å². The molecule has 0 amide bonds. The second-order valence-electron chi connectivity index (χ2n) is 3.94. The number of benzene rings is 1. The molecule has 1 heterocycles. The lowest BCUT2D eigenvalue weighted by atomic mass is 10.3. The lowest BCUT2D eigenvalue weighted by Crippen LogP contribution is -1.99. The molecule has 1 aromatic heterocycles. The van der Waals surface area contributed by atoms with E-state index in [0.717, 1.165) is 11.3 Å². The number of halogens is 1. The number of hydrogen-bond donors (Lipinski definition) is 1. The van der Waals surface area contributed by atoms with Crippen molar-refractivity contribution in [2.45, 2.75) is 13.5 Å². The molecular weight excluding hydrogens is 262 g/mol. The van der Waals surface area contributed by atoms with Crippen molar-refractivity contribution in [3.05, 3.63) is 47.8 Å². The van der Waals surface area contributed by atoms with Crippen LogP contribution in [-0.2, 0) is 6.54 Å². The van der Waals surface area contributed by atoms with Crippen molar-refractivity contribution in [2.24, 2.45) is 0 Å². The fourth-order valence-corrected chi connectivity index (χ4v) is 1.89. The molecule has 2 aromatic rings. The standard InChI is InChI=1S/C14H16ClN3O/c1-3-18-10-11(9-17-18)8-16-12-5-6-14(19-4-2)13(15)7-12/h3,5-7,9-10,16H,1,4,8H2,2H3. The zero-order chi connectivity index (χ0) is 13.7. The van der Waals surface area contributed by atoms with E-state index in [9.17, 15) is 0 Å². The monoisotopic (exact) mass is 277 g/mol. The molecule has 19 heavy (non-hydrogen) atoms. The molecule has 0 aliphatic heterocycles. The van der Waals surface area contributed by atoms with Crippen LogP contribution >= 0.6 is 11.6 Å². The SMILES string of the molecule is C=Cn1cc(CNc2ccc(OCC)c(Cl)c2)cn1. The molecule has 0 unspecified atom stereocenters. The van der Waals surface area contributed by atoms with Crippen molar-refractivity contribution in [1.29, 1.82) is 0 Å². The van der Waals surface area contributed by atoms with E-state index in [1.807, 2.05) is 31.3 Å². The fraction of sp³-hybridized carbons (Fsp3) is 0.214. The summed E-state index contributed by atoms with van der Waals surface area (Å²) in [5.74, 6) is 0.703. The third kappa shape index (κ3) is 3.51. The van der Waals surface area contributed by atoms with Gasteiger partial charge in [0.1, 0.15) is 5.75 Å². The number of rotatable bonds is 6. The van der Waals surface area contributed by atoms with Gasteiger partial charge in [0.05, 0.1) is 17.8 Å². The zero-order valence-electron chi connectivity index (χ0n) is 10.8. The Morgan fingerprint density at radius 3 is 3.00 bits per heavy atom. The Morgan fingerprint density at radius 1 is 1.53 bits per heavy atom. The van der Waals surface area contributed by atoms with Crippen LogP contribution in [0.25, 0.3) is 6.20 Å². The van der Waals surface area contributed by atoms with E-state index in [0.29, 0.717) is 23.9 Å². The van der Waals surface area contributed by atoms with Crippen LogP contribution in [0, 0.1) is 0 Å². The molecule has 0 bridgehead atoms. The van der Waals surface area contributed by atoms with Crippen molar-refractivity contribution in [3.63, 3.8) is 0 Å². The summed E-state index contributed by atoms with van der Waals surface area (Å²) in [7, 11) is 0. The second kappa shape index (κ2) is 6.29. The molecule has 1 aromatic carbocycles. The van der Waals surface area contributed by atoms with E-state index < -0.39 is 0 Å². The van der Waals surface area contributed by atoms with Gasteiger partial charge in [-0.1, -0.05) is 18.2 Å². The van der Waals surface area contributed by atoms with Crippen LogP contribution < -0.4 is 10.1 Å². The number of hydrogen-bond acceptors (Lipinski definition) is 3. The second-order valence-corrected chi connectivity index (χ2v) is 4.35. The Morgan fingerprint density at radius 2 is 2.37 bits per heavy atom. The molecule has 0 spiro atoms. The van der Waals surface area contributed by atoms with Crippen molar-refractivity contribution in [1.82, 2.24) is 9.78 Å². The third-order valence-corrected chi connectivity index (χ3v) is 2.87. The van der Waals surface area contributed by atoms with E-state index in [4.69, 9.17) is 16.3 Å². The average molecular weight is 278 g/mol. The van der Waals surface area contributed by atoms with Crippen LogP contribution in [0.4, 0.5) is 5.69 Å². The van der Waals surface area contributed by atoms with Gasteiger partial charge in [-0.15, -0.1) is 0 Å². The topological polar surface area (TPSA) is 39.1 Å². The first-order chi connectivity index (χ1) is 9.22. The molecule has 0 saturated heterocycles. The summed E-state index contributed by atoms with van der Waals surface area (Å²) in [5.41, 5.74) is 2.02. The molecule has 5 heteroatoms. The quantitative estimate of drug-likeness (QED) is 0.876. The molecule has 100 valence electrons. The van der Waals surface area contributed by atoms with Crippen molar-refractivity contribution < 1.29 is 4.74 Å². The number of aromatic nitrogens is 2. The molecule has 0 aliphatic rings. The summed E-state index contributed by atoms with van der Waals surface area (Å²) in [6, 6.07) is 5.65.